The molecule has 1 unspecified atom stereocenters. The zero-order valence-corrected chi connectivity index (χ0v) is 11.9. The summed E-state index contributed by atoms with van der Waals surface area (Å²) in [6.07, 6.45) is 2.62. The molecule has 1 aromatic carbocycles. The number of hydrogen-bond acceptors (Lipinski definition) is 3. The van der Waals surface area contributed by atoms with Crippen LogP contribution in [0.5, 0.6) is 5.75 Å². The molecule has 0 aliphatic rings. The van der Waals surface area contributed by atoms with Gasteiger partial charge in [0.15, 0.2) is 11.6 Å². The third-order valence-corrected chi connectivity index (χ3v) is 3.11. The standard InChI is InChI=1S/C16H20FNO2/c1-3-8-18-12(2)13-6-7-16(15(17)10-13)20-11-14-5-4-9-19-14/h4-7,9-10,12,18H,3,8,11H2,1-2H3. The maximum absolute atomic E-state index is 14.0. The number of ether oxygens (including phenoxy) is 1. The predicted molar refractivity (Wildman–Crippen MR) is 76.1 cm³/mol. The fraction of sp³-hybridized carbons (Fsp3) is 0.375. The molecule has 0 bridgehead atoms. The van der Waals surface area contributed by atoms with Crippen LogP contribution in [0.2, 0.25) is 0 Å². The Hall–Kier alpha value is -1.81. The highest BCUT2D eigenvalue weighted by molar-refractivity contribution is 5.31. The van der Waals surface area contributed by atoms with Crippen molar-refractivity contribution in [3.8, 4) is 5.75 Å². The molecule has 3 nitrogen and oxygen atoms in total. The molecule has 0 fully saturated rings. The van der Waals surface area contributed by atoms with E-state index >= 15 is 0 Å². The molecule has 0 aliphatic heterocycles. The molecule has 0 amide bonds. The van der Waals surface area contributed by atoms with Gasteiger partial charge in [-0.05, 0) is 49.7 Å². The Labute approximate surface area is 118 Å². The van der Waals surface area contributed by atoms with E-state index in [1.165, 1.54) is 6.07 Å². The Bertz CT molecular complexity index is 525. The molecule has 1 heterocycles. The zero-order chi connectivity index (χ0) is 14.4. The normalized spacial score (nSPS) is 12.3. The first kappa shape index (κ1) is 14.6. The Morgan fingerprint density at radius 2 is 2.20 bits per heavy atom. The number of hydrogen-bond donors (Lipinski definition) is 1. The van der Waals surface area contributed by atoms with Gasteiger partial charge in [-0.15, -0.1) is 0 Å². The van der Waals surface area contributed by atoms with Crippen molar-refractivity contribution in [2.24, 2.45) is 0 Å². The van der Waals surface area contributed by atoms with E-state index in [1.807, 2.05) is 13.0 Å². The molecule has 0 saturated heterocycles. The minimum atomic E-state index is -0.348. The zero-order valence-electron chi connectivity index (χ0n) is 11.9. The van der Waals surface area contributed by atoms with Crippen LogP contribution in [0, 0.1) is 5.82 Å². The van der Waals surface area contributed by atoms with Crippen molar-refractivity contribution in [2.75, 3.05) is 6.54 Å². The average molecular weight is 277 g/mol. The van der Waals surface area contributed by atoms with Gasteiger partial charge in [0.25, 0.3) is 0 Å². The van der Waals surface area contributed by atoms with Gasteiger partial charge in [-0.25, -0.2) is 4.39 Å². The fourth-order valence-electron chi connectivity index (χ4n) is 1.93. The first-order valence-corrected chi connectivity index (χ1v) is 6.88. The van der Waals surface area contributed by atoms with Gasteiger partial charge in [0.2, 0.25) is 0 Å². The average Bonchev–Trinajstić information content (AvgIpc) is 2.96. The maximum atomic E-state index is 14.0. The van der Waals surface area contributed by atoms with Gasteiger partial charge < -0.3 is 14.5 Å². The molecule has 2 rings (SSSR count). The molecule has 108 valence electrons. The van der Waals surface area contributed by atoms with Gasteiger partial charge >= 0.3 is 0 Å². The van der Waals surface area contributed by atoms with E-state index in [1.54, 1.807) is 24.5 Å². The van der Waals surface area contributed by atoms with E-state index in [0.717, 1.165) is 18.5 Å². The third-order valence-electron chi connectivity index (χ3n) is 3.11. The van der Waals surface area contributed by atoms with Gasteiger partial charge in [0.05, 0.1) is 6.26 Å². The lowest BCUT2D eigenvalue weighted by molar-refractivity contribution is 0.258. The van der Waals surface area contributed by atoms with E-state index in [2.05, 4.69) is 12.2 Å². The summed E-state index contributed by atoms with van der Waals surface area (Å²) in [5.41, 5.74) is 0.918. The fourth-order valence-corrected chi connectivity index (χ4v) is 1.93. The predicted octanol–water partition coefficient (Wildman–Crippen LogP) is 4.06. The molecule has 0 saturated carbocycles. The summed E-state index contributed by atoms with van der Waals surface area (Å²) in [6.45, 7) is 5.27. The van der Waals surface area contributed by atoms with Crippen LogP contribution < -0.4 is 10.1 Å². The lowest BCUT2D eigenvalue weighted by Crippen LogP contribution is -2.19. The van der Waals surface area contributed by atoms with Gasteiger partial charge in [0, 0.05) is 6.04 Å². The molecule has 4 heteroatoms. The van der Waals surface area contributed by atoms with E-state index in [4.69, 9.17) is 9.15 Å². The van der Waals surface area contributed by atoms with E-state index in [-0.39, 0.29) is 24.2 Å². The molecule has 0 aliphatic carbocycles. The molecule has 2 aromatic rings. The highest BCUT2D eigenvalue weighted by Crippen LogP contribution is 2.23. The molecule has 1 N–H and O–H groups in total. The molecule has 0 radical (unpaired) electrons. The first-order chi connectivity index (χ1) is 9.70. The van der Waals surface area contributed by atoms with Crippen LogP contribution >= 0.6 is 0 Å². The van der Waals surface area contributed by atoms with Crippen molar-refractivity contribution >= 4 is 0 Å². The number of furan rings is 1. The van der Waals surface area contributed by atoms with Gasteiger partial charge in [-0.1, -0.05) is 13.0 Å². The summed E-state index contributed by atoms with van der Waals surface area (Å²) in [5, 5.41) is 3.33. The lowest BCUT2D eigenvalue weighted by atomic mass is 10.1. The first-order valence-electron chi connectivity index (χ1n) is 6.88. The minimum Gasteiger partial charge on any atom is -0.483 e. The quantitative estimate of drug-likeness (QED) is 0.828. The Morgan fingerprint density at radius 1 is 1.35 bits per heavy atom. The SMILES string of the molecule is CCCNC(C)c1ccc(OCc2ccco2)c(F)c1. The van der Waals surface area contributed by atoms with Crippen molar-refractivity contribution in [3.63, 3.8) is 0 Å². The van der Waals surface area contributed by atoms with Gasteiger partial charge in [-0.3, -0.25) is 0 Å². The van der Waals surface area contributed by atoms with Crippen LogP contribution in [0.1, 0.15) is 37.6 Å². The van der Waals surface area contributed by atoms with Gasteiger partial charge in [0.1, 0.15) is 12.4 Å². The second-order valence-corrected chi connectivity index (χ2v) is 4.73. The second kappa shape index (κ2) is 7.10. The van der Waals surface area contributed by atoms with Crippen molar-refractivity contribution in [1.82, 2.24) is 5.32 Å². The third kappa shape index (κ3) is 3.84. The van der Waals surface area contributed by atoms with Crippen LogP contribution in [0.4, 0.5) is 4.39 Å². The van der Waals surface area contributed by atoms with Crippen LogP contribution in [0.3, 0.4) is 0 Å². The molecule has 0 spiro atoms. The summed E-state index contributed by atoms with van der Waals surface area (Å²) >= 11 is 0. The smallest absolute Gasteiger partial charge is 0.165 e. The van der Waals surface area contributed by atoms with Crippen LogP contribution in [-0.4, -0.2) is 6.54 Å². The Morgan fingerprint density at radius 3 is 2.85 bits per heavy atom. The van der Waals surface area contributed by atoms with Crippen LogP contribution in [0.25, 0.3) is 0 Å². The largest absolute Gasteiger partial charge is 0.483 e. The maximum Gasteiger partial charge on any atom is 0.165 e. The molecular formula is C16H20FNO2. The van der Waals surface area contributed by atoms with Crippen molar-refractivity contribution in [2.45, 2.75) is 32.9 Å². The summed E-state index contributed by atoms with van der Waals surface area (Å²) in [5.74, 6) is 0.568. The number of benzene rings is 1. The summed E-state index contributed by atoms with van der Waals surface area (Å²) in [6, 6.07) is 8.77. The molecular weight excluding hydrogens is 257 g/mol. The number of rotatable bonds is 7. The summed E-state index contributed by atoms with van der Waals surface area (Å²) < 4.78 is 24.5. The van der Waals surface area contributed by atoms with Crippen molar-refractivity contribution < 1.29 is 13.5 Å². The van der Waals surface area contributed by atoms with Crippen molar-refractivity contribution in [1.29, 1.82) is 0 Å². The Balaban J connectivity index is 1.98. The lowest BCUT2D eigenvalue weighted by Gasteiger charge is -2.14. The topological polar surface area (TPSA) is 34.4 Å². The molecule has 1 atom stereocenters. The van der Waals surface area contributed by atoms with Crippen molar-refractivity contribution in [3.05, 3.63) is 53.7 Å². The monoisotopic (exact) mass is 277 g/mol. The van der Waals surface area contributed by atoms with E-state index in [0.29, 0.717) is 5.76 Å². The number of halogens is 1. The van der Waals surface area contributed by atoms with Crippen LogP contribution in [-0.2, 0) is 6.61 Å². The molecule has 20 heavy (non-hydrogen) atoms. The minimum absolute atomic E-state index is 0.128. The Kier molecular flexibility index (Phi) is 5.18. The highest BCUT2D eigenvalue weighted by atomic mass is 19.1. The summed E-state index contributed by atoms with van der Waals surface area (Å²) in [4.78, 5) is 0. The molecule has 1 aromatic heterocycles. The highest BCUT2D eigenvalue weighted by Gasteiger charge is 2.10. The van der Waals surface area contributed by atoms with E-state index < -0.39 is 0 Å². The second-order valence-electron chi connectivity index (χ2n) is 4.73. The van der Waals surface area contributed by atoms with Gasteiger partial charge in [-0.2, -0.15) is 0 Å². The van der Waals surface area contributed by atoms with Crippen LogP contribution in [0.15, 0.2) is 41.0 Å². The van der Waals surface area contributed by atoms with E-state index in [9.17, 15) is 4.39 Å². The summed E-state index contributed by atoms with van der Waals surface area (Å²) in [7, 11) is 0. The number of nitrogens with one attached hydrogen (secondary N) is 1.